The summed E-state index contributed by atoms with van der Waals surface area (Å²) < 4.78 is 0. The molecule has 0 aliphatic carbocycles. The second-order valence-corrected chi connectivity index (χ2v) is 5.03. The van der Waals surface area contributed by atoms with Crippen molar-refractivity contribution in [3.8, 4) is 0 Å². The second kappa shape index (κ2) is 6.46. The molecule has 0 saturated heterocycles. The fourth-order valence-corrected chi connectivity index (χ4v) is 2.86. The third kappa shape index (κ3) is 3.62. The lowest BCUT2D eigenvalue weighted by atomic mass is 9.97. The minimum Gasteiger partial charge on any atom is -0.393 e. The number of aliphatic hydroxyl groups excluding tert-OH is 1. The van der Waals surface area contributed by atoms with Gasteiger partial charge in [0.15, 0.2) is 0 Å². The Morgan fingerprint density at radius 3 is 2.79 bits per heavy atom. The van der Waals surface area contributed by atoms with Crippen molar-refractivity contribution < 1.29 is 5.11 Å². The Morgan fingerprint density at radius 1 is 1.50 bits per heavy atom. The highest BCUT2D eigenvalue weighted by Crippen LogP contribution is 2.25. The molecule has 1 aliphatic rings. The zero-order valence-corrected chi connectivity index (χ0v) is 10.0. The predicted octanol–water partition coefficient (Wildman–Crippen LogP) is 2.71. The first-order valence-electron chi connectivity index (χ1n) is 5.61. The number of hydrogen-bond donors (Lipinski definition) is 1. The molecule has 0 amide bonds. The van der Waals surface area contributed by atoms with Gasteiger partial charge in [-0.1, -0.05) is 26.2 Å². The molecule has 0 fully saturated rings. The molecule has 1 N–H and O–H groups in total. The zero-order valence-electron chi connectivity index (χ0n) is 9.20. The maximum atomic E-state index is 9.68. The van der Waals surface area contributed by atoms with E-state index in [1.165, 1.54) is 24.3 Å². The first-order valence-corrected chi connectivity index (χ1v) is 6.59. The molecule has 1 rings (SSSR count). The van der Waals surface area contributed by atoms with Crippen molar-refractivity contribution >= 4 is 16.8 Å². The molecule has 3 heteroatoms. The van der Waals surface area contributed by atoms with Crippen molar-refractivity contribution in [2.45, 2.75) is 45.6 Å². The van der Waals surface area contributed by atoms with Crippen LogP contribution in [0.25, 0.3) is 0 Å². The van der Waals surface area contributed by atoms with Gasteiger partial charge in [-0.2, -0.15) is 0 Å². The molecule has 2 nitrogen and oxygen atoms in total. The van der Waals surface area contributed by atoms with Gasteiger partial charge in [-0.3, -0.25) is 4.99 Å². The summed E-state index contributed by atoms with van der Waals surface area (Å²) in [6.45, 7) is 5.04. The van der Waals surface area contributed by atoms with E-state index >= 15 is 0 Å². The molecule has 0 aromatic heterocycles. The molecular formula is C11H21NOS. The topological polar surface area (TPSA) is 32.6 Å². The van der Waals surface area contributed by atoms with Gasteiger partial charge < -0.3 is 5.11 Å². The average Bonchev–Trinajstić information content (AvgIpc) is 2.64. The van der Waals surface area contributed by atoms with Crippen LogP contribution in [0.2, 0.25) is 0 Å². The first-order chi connectivity index (χ1) is 6.75. The number of nitrogens with zero attached hydrogens (tertiary/aromatic N) is 1. The van der Waals surface area contributed by atoms with E-state index in [2.05, 4.69) is 11.9 Å². The van der Waals surface area contributed by atoms with Gasteiger partial charge in [-0.05, 0) is 13.3 Å². The van der Waals surface area contributed by atoms with E-state index in [9.17, 15) is 5.11 Å². The smallest absolute Gasteiger partial charge is 0.0733 e. The third-order valence-corrected chi connectivity index (χ3v) is 3.74. The van der Waals surface area contributed by atoms with Crippen molar-refractivity contribution in [3.05, 3.63) is 0 Å². The van der Waals surface area contributed by atoms with Crippen molar-refractivity contribution in [2.24, 2.45) is 10.9 Å². The van der Waals surface area contributed by atoms with Gasteiger partial charge in [0.1, 0.15) is 0 Å². The Bertz CT molecular complexity index is 192. The lowest BCUT2D eigenvalue weighted by Gasteiger charge is -2.19. The summed E-state index contributed by atoms with van der Waals surface area (Å²) >= 11 is 1.83. The molecule has 0 aromatic rings. The lowest BCUT2D eigenvalue weighted by molar-refractivity contribution is 0.153. The lowest BCUT2D eigenvalue weighted by Crippen LogP contribution is -2.23. The fraction of sp³-hybridized carbons (Fsp3) is 0.909. The van der Waals surface area contributed by atoms with Gasteiger partial charge in [-0.25, -0.2) is 0 Å². The van der Waals surface area contributed by atoms with E-state index in [1.807, 2.05) is 18.7 Å². The fourth-order valence-electron chi connectivity index (χ4n) is 1.76. The van der Waals surface area contributed by atoms with Crippen LogP contribution in [0.15, 0.2) is 4.99 Å². The SMILES string of the molecule is CCCCC[C@H](C1=NCCS1)C(C)O. The Labute approximate surface area is 91.2 Å². The summed E-state index contributed by atoms with van der Waals surface area (Å²) in [6.07, 6.45) is 4.58. The summed E-state index contributed by atoms with van der Waals surface area (Å²) in [5, 5.41) is 10.9. The maximum Gasteiger partial charge on any atom is 0.0733 e. The number of rotatable bonds is 6. The maximum absolute atomic E-state index is 9.68. The molecule has 1 aliphatic heterocycles. The molecule has 1 unspecified atom stereocenters. The quantitative estimate of drug-likeness (QED) is 0.691. The molecule has 82 valence electrons. The highest BCUT2D eigenvalue weighted by Gasteiger charge is 2.23. The molecular weight excluding hydrogens is 194 g/mol. The molecule has 0 radical (unpaired) electrons. The largest absolute Gasteiger partial charge is 0.393 e. The van der Waals surface area contributed by atoms with E-state index in [0.29, 0.717) is 5.92 Å². The van der Waals surface area contributed by atoms with E-state index in [0.717, 1.165) is 18.7 Å². The minimum atomic E-state index is -0.240. The van der Waals surface area contributed by atoms with Gasteiger partial charge in [0.25, 0.3) is 0 Å². The summed E-state index contributed by atoms with van der Waals surface area (Å²) in [4.78, 5) is 4.46. The van der Waals surface area contributed by atoms with E-state index in [4.69, 9.17) is 0 Å². The number of hydrogen-bond acceptors (Lipinski definition) is 3. The van der Waals surface area contributed by atoms with E-state index in [-0.39, 0.29) is 6.10 Å². The molecule has 0 spiro atoms. The predicted molar refractivity (Wildman–Crippen MR) is 64.1 cm³/mol. The molecule has 0 bridgehead atoms. The number of aliphatic imine (C=N–C) groups is 1. The summed E-state index contributed by atoms with van der Waals surface area (Å²) in [6, 6.07) is 0. The zero-order chi connectivity index (χ0) is 10.4. The van der Waals surface area contributed by atoms with Crippen LogP contribution in [0, 0.1) is 5.92 Å². The van der Waals surface area contributed by atoms with Gasteiger partial charge >= 0.3 is 0 Å². The number of aliphatic hydroxyl groups is 1. The normalized spacial score (nSPS) is 20.6. The van der Waals surface area contributed by atoms with E-state index in [1.54, 1.807) is 0 Å². The van der Waals surface area contributed by atoms with Crippen molar-refractivity contribution in [1.29, 1.82) is 0 Å². The monoisotopic (exact) mass is 215 g/mol. The Balaban J connectivity index is 2.38. The van der Waals surface area contributed by atoms with Crippen LogP contribution in [0.3, 0.4) is 0 Å². The first kappa shape index (κ1) is 12.1. The highest BCUT2D eigenvalue weighted by atomic mass is 32.2. The highest BCUT2D eigenvalue weighted by molar-refractivity contribution is 8.14. The summed E-state index contributed by atoms with van der Waals surface area (Å²) in [5.74, 6) is 1.40. The molecule has 14 heavy (non-hydrogen) atoms. The van der Waals surface area contributed by atoms with Gasteiger partial charge in [0.05, 0.1) is 11.1 Å². The Morgan fingerprint density at radius 2 is 2.29 bits per heavy atom. The molecule has 1 heterocycles. The van der Waals surface area contributed by atoms with Crippen LogP contribution >= 0.6 is 11.8 Å². The van der Waals surface area contributed by atoms with Crippen molar-refractivity contribution in [1.82, 2.24) is 0 Å². The van der Waals surface area contributed by atoms with Gasteiger partial charge in [0.2, 0.25) is 0 Å². The second-order valence-electron chi connectivity index (χ2n) is 3.91. The van der Waals surface area contributed by atoms with Crippen LogP contribution in [-0.2, 0) is 0 Å². The summed E-state index contributed by atoms with van der Waals surface area (Å²) in [7, 11) is 0. The minimum absolute atomic E-state index is 0.240. The molecule has 2 atom stereocenters. The van der Waals surface area contributed by atoms with Gasteiger partial charge in [0, 0.05) is 18.2 Å². The van der Waals surface area contributed by atoms with Crippen molar-refractivity contribution in [2.75, 3.05) is 12.3 Å². The van der Waals surface area contributed by atoms with Crippen LogP contribution in [0.5, 0.6) is 0 Å². The van der Waals surface area contributed by atoms with Crippen molar-refractivity contribution in [3.63, 3.8) is 0 Å². The van der Waals surface area contributed by atoms with Crippen LogP contribution < -0.4 is 0 Å². The van der Waals surface area contributed by atoms with Crippen LogP contribution in [-0.4, -0.2) is 28.6 Å². The Hall–Kier alpha value is -0.0200. The molecule has 0 aromatic carbocycles. The number of unbranched alkanes of at least 4 members (excludes halogenated alkanes) is 2. The third-order valence-electron chi connectivity index (χ3n) is 2.63. The van der Waals surface area contributed by atoms with Crippen LogP contribution in [0.1, 0.15) is 39.5 Å². The Kier molecular flexibility index (Phi) is 5.56. The standard InChI is InChI=1S/C11H21NOS/c1-3-4-5-6-10(9(2)13)11-12-7-8-14-11/h9-10,13H,3-8H2,1-2H3/t9?,10-/m0/s1. The molecule has 0 saturated carbocycles. The van der Waals surface area contributed by atoms with E-state index < -0.39 is 0 Å². The summed E-state index contributed by atoms with van der Waals surface area (Å²) in [5.41, 5.74) is 0. The van der Waals surface area contributed by atoms with Crippen LogP contribution in [0.4, 0.5) is 0 Å². The number of thioether (sulfide) groups is 1. The average molecular weight is 215 g/mol. The van der Waals surface area contributed by atoms with Gasteiger partial charge in [-0.15, -0.1) is 11.8 Å².